The van der Waals surface area contributed by atoms with Crippen molar-refractivity contribution in [2.75, 3.05) is 12.4 Å². The number of anilines is 1. The molecule has 1 N–H and O–H groups in total. The number of ether oxygens (including phenoxy) is 2. The minimum absolute atomic E-state index is 0.134. The average Bonchev–Trinajstić information content (AvgIpc) is 2.69. The van der Waals surface area contributed by atoms with Gasteiger partial charge >= 0.3 is 11.6 Å². The lowest BCUT2D eigenvalue weighted by molar-refractivity contribution is -0.0964. The third kappa shape index (κ3) is 5.26. The summed E-state index contributed by atoms with van der Waals surface area (Å²) in [7, 11) is 1.41. The Hall–Kier alpha value is -3.53. The molecule has 0 bridgehead atoms. The number of rotatable bonds is 6. The summed E-state index contributed by atoms with van der Waals surface area (Å²) in [5.41, 5.74) is -3.38. The van der Waals surface area contributed by atoms with Gasteiger partial charge in [-0.2, -0.15) is 0 Å². The molecule has 29 heavy (non-hydrogen) atoms. The van der Waals surface area contributed by atoms with Crippen molar-refractivity contribution >= 4 is 23.2 Å². The molecule has 0 saturated carbocycles. The summed E-state index contributed by atoms with van der Waals surface area (Å²) in [4.78, 5) is 32.4. The molecule has 0 saturated heterocycles. The molecule has 0 radical (unpaired) electrons. The van der Waals surface area contributed by atoms with Gasteiger partial charge in [0, 0.05) is 29.6 Å². The summed E-state index contributed by atoms with van der Waals surface area (Å²) in [6.07, 6.45) is 4.08. The summed E-state index contributed by atoms with van der Waals surface area (Å²) in [6.45, 7) is 0. The van der Waals surface area contributed by atoms with E-state index in [0.29, 0.717) is 11.4 Å². The predicted molar refractivity (Wildman–Crippen MR) is 100 cm³/mol. The van der Waals surface area contributed by atoms with E-state index in [1.54, 1.807) is 0 Å². The Bertz CT molecular complexity index is 1070. The second-order valence-corrected chi connectivity index (χ2v) is 6.02. The standard InChI is InChI=1S/C18H13ClF2N4O4/c1-28-17-22-8-13(9-23-17)25-10-11(2-7-15(25)26)16(27)24-12-3-5-14(6-4-12)29-18(19,20)21/h2-10H,1H3,(H,24,27). The molecule has 0 aliphatic heterocycles. The van der Waals surface area contributed by atoms with Gasteiger partial charge in [0.25, 0.3) is 11.5 Å². The molecular formula is C18H13ClF2N4O4. The third-order valence-corrected chi connectivity index (χ3v) is 3.67. The highest BCUT2D eigenvalue weighted by atomic mass is 35.5. The minimum atomic E-state index is -3.83. The van der Waals surface area contributed by atoms with E-state index in [0.717, 1.165) is 0 Å². The van der Waals surface area contributed by atoms with Gasteiger partial charge in [-0.15, -0.1) is 8.78 Å². The van der Waals surface area contributed by atoms with E-state index < -0.39 is 11.5 Å². The molecule has 0 unspecified atom stereocenters. The summed E-state index contributed by atoms with van der Waals surface area (Å²) < 4.78 is 35.5. The number of benzene rings is 1. The van der Waals surface area contributed by atoms with Crippen LogP contribution in [0.3, 0.4) is 0 Å². The molecule has 3 aromatic rings. The smallest absolute Gasteiger partial charge is 0.467 e. The van der Waals surface area contributed by atoms with E-state index >= 15 is 0 Å². The molecule has 0 spiro atoms. The number of carbonyl (C=O) groups excluding carboxylic acids is 1. The van der Waals surface area contributed by atoms with Crippen molar-refractivity contribution in [1.29, 1.82) is 0 Å². The number of nitrogens with zero attached hydrogens (tertiary/aromatic N) is 3. The highest BCUT2D eigenvalue weighted by Gasteiger charge is 2.27. The van der Waals surface area contributed by atoms with Crippen molar-refractivity contribution < 1.29 is 23.0 Å². The molecule has 3 rings (SSSR count). The number of nitrogens with one attached hydrogen (secondary N) is 1. The van der Waals surface area contributed by atoms with Gasteiger partial charge in [0.1, 0.15) is 5.75 Å². The van der Waals surface area contributed by atoms with E-state index in [1.807, 2.05) is 0 Å². The Morgan fingerprint density at radius 3 is 2.38 bits per heavy atom. The van der Waals surface area contributed by atoms with Crippen LogP contribution in [0.4, 0.5) is 14.5 Å². The van der Waals surface area contributed by atoms with Gasteiger partial charge in [-0.05, 0) is 30.3 Å². The third-order valence-electron chi connectivity index (χ3n) is 3.59. The van der Waals surface area contributed by atoms with Gasteiger partial charge < -0.3 is 14.8 Å². The average molecular weight is 423 g/mol. The first kappa shape index (κ1) is 20.2. The van der Waals surface area contributed by atoms with Crippen LogP contribution in [0.1, 0.15) is 10.4 Å². The summed E-state index contributed by atoms with van der Waals surface area (Å²) in [6, 6.07) is 7.88. The Morgan fingerprint density at radius 1 is 1.14 bits per heavy atom. The number of alkyl halides is 3. The van der Waals surface area contributed by atoms with E-state index in [4.69, 9.17) is 16.3 Å². The maximum absolute atomic E-state index is 12.6. The number of halogens is 3. The summed E-state index contributed by atoms with van der Waals surface area (Å²) in [5.74, 6) is -0.694. The molecular weight excluding hydrogens is 410 g/mol. The maximum atomic E-state index is 12.6. The van der Waals surface area contributed by atoms with Crippen molar-refractivity contribution in [1.82, 2.24) is 14.5 Å². The lowest BCUT2D eigenvalue weighted by Crippen LogP contribution is -2.21. The van der Waals surface area contributed by atoms with Gasteiger partial charge in [-0.25, -0.2) is 9.97 Å². The number of carbonyl (C=O) groups is 1. The lowest BCUT2D eigenvalue weighted by atomic mass is 10.2. The van der Waals surface area contributed by atoms with Crippen LogP contribution in [-0.2, 0) is 0 Å². The second kappa shape index (κ2) is 8.23. The fourth-order valence-corrected chi connectivity index (χ4v) is 2.39. The van der Waals surface area contributed by atoms with Gasteiger partial charge in [-0.3, -0.25) is 14.2 Å². The van der Waals surface area contributed by atoms with Gasteiger partial charge in [0.05, 0.1) is 30.8 Å². The highest BCUT2D eigenvalue weighted by molar-refractivity contribution is 6.20. The normalized spacial score (nSPS) is 11.0. The second-order valence-electron chi connectivity index (χ2n) is 5.58. The molecule has 2 heterocycles. The largest absolute Gasteiger partial charge is 0.487 e. The molecule has 0 fully saturated rings. The Kier molecular flexibility index (Phi) is 5.74. The molecule has 0 aliphatic rings. The van der Waals surface area contributed by atoms with E-state index in [1.165, 1.54) is 66.7 Å². The highest BCUT2D eigenvalue weighted by Crippen LogP contribution is 2.26. The first-order valence-electron chi connectivity index (χ1n) is 8.01. The summed E-state index contributed by atoms with van der Waals surface area (Å²) >= 11 is 4.70. The number of amides is 1. The molecule has 0 atom stereocenters. The van der Waals surface area contributed by atoms with Crippen LogP contribution in [0, 0.1) is 0 Å². The fraction of sp³-hybridized carbons (Fsp3) is 0.111. The zero-order valence-corrected chi connectivity index (χ0v) is 15.6. The molecule has 1 aromatic carbocycles. The van der Waals surface area contributed by atoms with E-state index in [-0.39, 0.29) is 22.9 Å². The predicted octanol–water partition coefficient (Wildman–Crippen LogP) is 3.06. The zero-order valence-electron chi connectivity index (χ0n) is 14.8. The SMILES string of the molecule is COc1ncc(-n2cc(C(=O)Nc3ccc(OC(F)(F)Cl)cc3)ccc2=O)cn1. The summed E-state index contributed by atoms with van der Waals surface area (Å²) in [5, 5.41) is 2.58. The molecule has 0 aliphatic carbocycles. The van der Waals surface area contributed by atoms with Crippen LogP contribution in [0.5, 0.6) is 11.8 Å². The monoisotopic (exact) mass is 422 g/mol. The van der Waals surface area contributed by atoms with Crippen LogP contribution in [0.25, 0.3) is 5.69 Å². The van der Waals surface area contributed by atoms with Crippen molar-refractivity contribution in [3.63, 3.8) is 0 Å². The first-order chi connectivity index (χ1) is 13.7. The topological polar surface area (TPSA) is 95.3 Å². The maximum Gasteiger partial charge on any atom is 0.487 e. The van der Waals surface area contributed by atoms with Crippen molar-refractivity contribution in [2.24, 2.45) is 0 Å². The van der Waals surface area contributed by atoms with E-state index in [2.05, 4.69) is 20.0 Å². The fourth-order valence-electron chi connectivity index (χ4n) is 2.31. The number of methoxy groups -OCH3 is 1. The van der Waals surface area contributed by atoms with Crippen molar-refractivity contribution in [2.45, 2.75) is 5.57 Å². The van der Waals surface area contributed by atoms with Crippen molar-refractivity contribution in [3.05, 3.63) is 70.9 Å². The van der Waals surface area contributed by atoms with Crippen LogP contribution in [-0.4, -0.2) is 33.1 Å². The van der Waals surface area contributed by atoms with Gasteiger partial charge in [-0.1, -0.05) is 0 Å². The quantitative estimate of drug-likeness (QED) is 0.613. The zero-order chi connectivity index (χ0) is 21.0. The first-order valence-corrected chi connectivity index (χ1v) is 8.39. The Balaban J connectivity index is 1.78. The van der Waals surface area contributed by atoms with Gasteiger partial charge in [0.2, 0.25) is 0 Å². The number of hydrogen-bond acceptors (Lipinski definition) is 6. The van der Waals surface area contributed by atoms with Crippen LogP contribution >= 0.6 is 11.6 Å². The molecule has 8 nitrogen and oxygen atoms in total. The van der Waals surface area contributed by atoms with Gasteiger partial charge in [0.15, 0.2) is 0 Å². The van der Waals surface area contributed by atoms with Crippen LogP contribution in [0.2, 0.25) is 0 Å². The van der Waals surface area contributed by atoms with E-state index in [9.17, 15) is 18.4 Å². The van der Waals surface area contributed by atoms with Crippen LogP contribution < -0.4 is 20.3 Å². The number of pyridine rings is 1. The lowest BCUT2D eigenvalue weighted by Gasteiger charge is -2.11. The Morgan fingerprint density at radius 2 is 1.79 bits per heavy atom. The minimum Gasteiger partial charge on any atom is -0.467 e. The molecule has 150 valence electrons. The number of hydrogen-bond donors (Lipinski definition) is 1. The molecule has 2 aromatic heterocycles. The van der Waals surface area contributed by atoms with Crippen LogP contribution in [0.15, 0.2) is 59.8 Å². The molecule has 1 amide bonds. The Labute approximate surface area is 167 Å². The molecule has 11 heteroatoms. The number of aromatic nitrogens is 3. The van der Waals surface area contributed by atoms with Crippen molar-refractivity contribution in [3.8, 4) is 17.4 Å².